The van der Waals surface area contributed by atoms with Crippen LogP contribution in [0, 0.1) is 0 Å². The van der Waals surface area contributed by atoms with Crippen molar-refractivity contribution in [3.63, 3.8) is 0 Å². The maximum atomic E-state index is 12.3. The largest absolute Gasteiger partial charge is 0.377 e. The van der Waals surface area contributed by atoms with Gasteiger partial charge in [-0.15, -0.1) is 0 Å². The molecule has 1 aliphatic heterocycles. The Morgan fingerprint density at radius 2 is 2.06 bits per heavy atom. The van der Waals surface area contributed by atoms with Crippen LogP contribution < -0.4 is 5.32 Å². The zero-order valence-electron chi connectivity index (χ0n) is 9.78. The smallest absolute Gasteiger partial charge is 0.315 e. The zero-order chi connectivity index (χ0) is 13.0. The fourth-order valence-corrected chi connectivity index (χ4v) is 1.59. The normalized spacial score (nSPS) is 20.8. The van der Waals surface area contributed by atoms with Gasteiger partial charge in [-0.05, 0) is 13.8 Å². The minimum atomic E-state index is -3.09. The fourth-order valence-electron chi connectivity index (χ4n) is 1.59. The van der Waals surface area contributed by atoms with Gasteiger partial charge in [-0.2, -0.15) is 8.78 Å². The summed E-state index contributed by atoms with van der Waals surface area (Å²) in [6.45, 7) is 3.64. The monoisotopic (exact) mass is 250 g/mol. The number of rotatable bonds is 3. The molecule has 0 spiro atoms. The van der Waals surface area contributed by atoms with E-state index in [2.05, 4.69) is 5.32 Å². The second-order valence-electron chi connectivity index (χ2n) is 4.09. The van der Waals surface area contributed by atoms with Gasteiger partial charge in [0.2, 0.25) is 5.91 Å². The summed E-state index contributed by atoms with van der Waals surface area (Å²) in [7, 11) is 0. The van der Waals surface area contributed by atoms with Gasteiger partial charge in [-0.25, -0.2) is 0 Å². The second kappa shape index (κ2) is 5.90. The Morgan fingerprint density at radius 1 is 1.41 bits per heavy atom. The van der Waals surface area contributed by atoms with Crippen LogP contribution in [0.15, 0.2) is 0 Å². The third-order valence-electron chi connectivity index (χ3n) is 2.33. The summed E-state index contributed by atoms with van der Waals surface area (Å²) in [4.78, 5) is 23.8. The molecule has 1 aliphatic rings. The van der Waals surface area contributed by atoms with Crippen LogP contribution in [0.25, 0.3) is 0 Å². The van der Waals surface area contributed by atoms with E-state index >= 15 is 0 Å². The van der Waals surface area contributed by atoms with Gasteiger partial charge in [0.1, 0.15) is 6.04 Å². The Bertz CT molecular complexity index is 297. The first kappa shape index (κ1) is 13.8. The SMILES string of the molecule is CC(C)NC(=O)C1COCCN1C(=O)C(F)F. The molecule has 2 amide bonds. The number of hydrogen-bond acceptors (Lipinski definition) is 3. The number of morpholine rings is 1. The van der Waals surface area contributed by atoms with Crippen molar-refractivity contribution in [1.29, 1.82) is 0 Å². The lowest BCUT2D eigenvalue weighted by molar-refractivity contribution is -0.157. The molecule has 0 aromatic carbocycles. The molecule has 1 N–H and O–H groups in total. The van der Waals surface area contributed by atoms with Crippen LogP contribution >= 0.6 is 0 Å². The van der Waals surface area contributed by atoms with Crippen LogP contribution in [-0.2, 0) is 14.3 Å². The summed E-state index contributed by atoms with van der Waals surface area (Å²) in [5.41, 5.74) is 0. The van der Waals surface area contributed by atoms with E-state index in [4.69, 9.17) is 4.74 Å². The summed E-state index contributed by atoms with van der Waals surface area (Å²) in [6.07, 6.45) is -3.09. The topological polar surface area (TPSA) is 58.6 Å². The minimum absolute atomic E-state index is 0.0132. The fraction of sp³-hybridized carbons (Fsp3) is 0.800. The van der Waals surface area contributed by atoms with Crippen LogP contribution in [0.2, 0.25) is 0 Å². The third-order valence-corrected chi connectivity index (χ3v) is 2.33. The number of alkyl halides is 2. The van der Waals surface area contributed by atoms with E-state index in [-0.39, 0.29) is 25.8 Å². The number of ether oxygens (including phenoxy) is 1. The number of hydrogen-bond donors (Lipinski definition) is 1. The minimum Gasteiger partial charge on any atom is -0.377 e. The highest BCUT2D eigenvalue weighted by molar-refractivity contribution is 5.89. The lowest BCUT2D eigenvalue weighted by Crippen LogP contribution is -2.57. The maximum Gasteiger partial charge on any atom is 0.315 e. The predicted octanol–water partition coefficient (Wildman–Crippen LogP) is 0.00350. The van der Waals surface area contributed by atoms with Gasteiger partial charge in [0.15, 0.2) is 0 Å². The number of halogens is 2. The quantitative estimate of drug-likeness (QED) is 0.767. The summed E-state index contributed by atoms with van der Waals surface area (Å²) in [6, 6.07) is -1.08. The molecule has 1 saturated heterocycles. The number of nitrogens with zero attached hydrogens (tertiary/aromatic N) is 1. The Hall–Kier alpha value is -1.24. The molecule has 17 heavy (non-hydrogen) atoms. The average molecular weight is 250 g/mol. The first-order valence-corrected chi connectivity index (χ1v) is 5.40. The summed E-state index contributed by atoms with van der Waals surface area (Å²) < 4.78 is 29.7. The molecular weight excluding hydrogens is 234 g/mol. The lowest BCUT2D eigenvalue weighted by atomic mass is 10.2. The van der Waals surface area contributed by atoms with Crippen molar-refractivity contribution >= 4 is 11.8 Å². The van der Waals surface area contributed by atoms with E-state index in [9.17, 15) is 18.4 Å². The predicted molar refractivity (Wildman–Crippen MR) is 55.6 cm³/mol. The summed E-state index contributed by atoms with van der Waals surface area (Å²) in [5, 5.41) is 2.58. The standard InChI is InChI=1S/C10H16F2N2O3/c1-6(2)13-9(15)7-5-17-4-3-14(7)10(16)8(11)12/h6-8H,3-5H2,1-2H3,(H,13,15). The molecule has 1 atom stereocenters. The molecule has 0 aromatic rings. The number of carbonyl (C=O) groups is 2. The second-order valence-corrected chi connectivity index (χ2v) is 4.09. The van der Waals surface area contributed by atoms with Gasteiger partial charge in [-0.1, -0.05) is 0 Å². The number of amides is 2. The van der Waals surface area contributed by atoms with Crippen LogP contribution in [-0.4, -0.2) is 55.0 Å². The molecule has 0 radical (unpaired) electrons. The highest BCUT2D eigenvalue weighted by Gasteiger charge is 2.36. The molecule has 1 unspecified atom stereocenters. The van der Waals surface area contributed by atoms with Gasteiger partial charge < -0.3 is 15.0 Å². The first-order chi connectivity index (χ1) is 7.93. The number of nitrogens with one attached hydrogen (secondary N) is 1. The van der Waals surface area contributed by atoms with Crippen molar-refractivity contribution in [1.82, 2.24) is 10.2 Å². The van der Waals surface area contributed by atoms with Crippen molar-refractivity contribution in [2.75, 3.05) is 19.8 Å². The molecular formula is C10H16F2N2O3. The molecule has 1 heterocycles. The maximum absolute atomic E-state index is 12.3. The Morgan fingerprint density at radius 3 is 2.59 bits per heavy atom. The lowest BCUT2D eigenvalue weighted by Gasteiger charge is -2.34. The van der Waals surface area contributed by atoms with Gasteiger partial charge >= 0.3 is 6.43 Å². The Labute approximate surface area is 98.1 Å². The van der Waals surface area contributed by atoms with Crippen molar-refractivity contribution < 1.29 is 23.1 Å². The molecule has 0 aliphatic carbocycles. The van der Waals surface area contributed by atoms with E-state index < -0.39 is 24.3 Å². The van der Waals surface area contributed by atoms with Crippen LogP contribution in [0.5, 0.6) is 0 Å². The van der Waals surface area contributed by atoms with Crippen molar-refractivity contribution in [2.45, 2.75) is 32.4 Å². The van der Waals surface area contributed by atoms with Crippen molar-refractivity contribution in [3.8, 4) is 0 Å². The molecule has 1 fully saturated rings. The molecule has 0 bridgehead atoms. The highest BCUT2D eigenvalue weighted by Crippen LogP contribution is 2.11. The van der Waals surface area contributed by atoms with Crippen LogP contribution in [0.4, 0.5) is 8.78 Å². The molecule has 0 aromatic heterocycles. The Kier molecular flexibility index (Phi) is 4.80. The average Bonchev–Trinajstić information content (AvgIpc) is 2.27. The van der Waals surface area contributed by atoms with E-state index in [1.807, 2.05) is 0 Å². The van der Waals surface area contributed by atoms with E-state index in [1.54, 1.807) is 13.8 Å². The van der Waals surface area contributed by atoms with Gasteiger partial charge in [0.05, 0.1) is 13.2 Å². The first-order valence-electron chi connectivity index (χ1n) is 5.40. The molecule has 7 heteroatoms. The van der Waals surface area contributed by atoms with E-state index in [0.717, 1.165) is 4.90 Å². The molecule has 0 saturated carbocycles. The van der Waals surface area contributed by atoms with Gasteiger partial charge in [0, 0.05) is 12.6 Å². The summed E-state index contributed by atoms with van der Waals surface area (Å²) in [5.74, 6) is -1.79. The van der Waals surface area contributed by atoms with Crippen molar-refractivity contribution in [2.24, 2.45) is 0 Å². The van der Waals surface area contributed by atoms with Crippen LogP contribution in [0.3, 0.4) is 0 Å². The van der Waals surface area contributed by atoms with Crippen LogP contribution in [0.1, 0.15) is 13.8 Å². The van der Waals surface area contributed by atoms with E-state index in [0.29, 0.717) is 0 Å². The third kappa shape index (κ3) is 3.62. The highest BCUT2D eigenvalue weighted by atomic mass is 19.3. The summed E-state index contributed by atoms with van der Waals surface area (Å²) >= 11 is 0. The van der Waals surface area contributed by atoms with E-state index in [1.165, 1.54) is 0 Å². The van der Waals surface area contributed by atoms with Crippen molar-refractivity contribution in [3.05, 3.63) is 0 Å². The molecule has 5 nitrogen and oxygen atoms in total. The Balaban J connectivity index is 2.72. The molecule has 1 rings (SSSR count). The van der Waals surface area contributed by atoms with Gasteiger partial charge in [0.25, 0.3) is 5.91 Å². The molecule has 98 valence electrons. The van der Waals surface area contributed by atoms with Gasteiger partial charge in [-0.3, -0.25) is 9.59 Å². The number of carbonyl (C=O) groups excluding carboxylic acids is 2. The zero-order valence-corrected chi connectivity index (χ0v) is 9.78.